The van der Waals surface area contributed by atoms with Crippen LogP contribution in [0.3, 0.4) is 0 Å². The summed E-state index contributed by atoms with van der Waals surface area (Å²) in [7, 11) is 4.09. The lowest BCUT2D eigenvalue weighted by molar-refractivity contribution is -0.140. The van der Waals surface area contributed by atoms with E-state index >= 15 is 0 Å². The Morgan fingerprint density at radius 1 is 1.07 bits per heavy atom. The van der Waals surface area contributed by atoms with E-state index in [1.54, 1.807) is 23.5 Å². The highest BCUT2D eigenvalue weighted by Gasteiger charge is 2.27. The molecule has 1 N–H and O–H groups in total. The predicted molar refractivity (Wildman–Crippen MR) is 189 cm³/mol. The summed E-state index contributed by atoms with van der Waals surface area (Å²) in [6, 6.07) is 8.61. The number of hydrogen-bond acceptors (Lipinski definition) is 9. The Kier molecular flexibility index (Phi) is 18.7. The van der Waals surface area contributed by atoms with Gasteiger partial charge in [-0.25, -0.2) is 4.68 Å². The monoisotopic (exact) mass is 649 g/mol. The van der Waals surface area contributed by atoms with Crippen LogP contribution < -0.4 is 5.32 Å². The third-order valence-corrected chi connectivity index (χ3v) is 10.6. The second-order valence-corrected chi connectivity index (χ2v) is 15.7. The highest BCUT2D eigenvalue weighted by Crippen LogP contribution is 2.40. The Hall–Kier alpha value is -1.46. The molecule has 0 radical (unpaired) electrons. The van der Waals surface area contributed by atoms with Crippen LogP contribution in [0.1, 0.15) is 120 Å². The van der Waals surface area contributed by atoms with Crippen LogP contribution in [0.25, 0.3) is 0 Å². The van der Waals surface area contributed by atoms with Gasteiger partial charge in [-0.1, -0.05) is 118 Å². The van der Waals surface area contributed by atoms with Crippen molar-refractivity contribution in [3.8, 4) is 0 Å². The summed E-state index contributed by atoms with van der Waals surface area (Å²) < 4.78 is 8.25. The Bertz CT molecular complexity index is 1050. The molecule has 0 aliphatic carbocycles. The van der Waals surface area contributed by atoms with Gasteiger partial charge in [0.2, 0.25) is 0 Å². The maximum absolute atomic E-state index is 11.1. The molecule has 0 fully saturated rings. The molecule has 242 valence electrons. The molecule has 2 unspecified atom stereocenters. The van der Waals surface area contributed by atoms with Gasteiger partial charge in [0.25, 0.3) is 6.47 Å². The average molecular weight is 650 g/mol. The number of thioether (sulfide) groups is 2. The molecule has 1 aromatic heterocycles. The van der Waals surface area contributed by atoms with Gasteiger partial charge < -0.3 is 4.74 Å². The molecule has 2 atom stereocenters. The lowest BCUT2D eigenvalue weighted by atomic mass is 9.97. The SMILES string of the molecule is CCCCCCCCCCCCSC(=S)SC(CC(C)(C)OC=O)c1ccc(Cn2cc(CNC(C)N(C)C)nn2)cc1. The van der Waals surface area contributed by atoms with Crippen LogP contribution in [0.5, 0.6) is 0 Å². The van der Waals surface area contributed by atoms with Crippen LogP contribution >= 0.6 is 35.7 Å². The van der Waals surface area contributed by atoms with Crippen molar-refractivity contribution < 1.29 is 9.53 Å². The van der Waals surface area contributed by atoms with Gasteiger partial charge in [0.05, 0.1) is 24.6 Å². The first-order valence-corrected chi connectivity index (χ1v) is 18.2. The van der Waals surface area contributed by atoms with E-state index in [2.05, 4.69) is 58.6 Å². The molecule has 0 spiro atoms. The Morgan fingerprint density at radius 3 is 2.30 bits per heavy atom. The van der Waals surface area contributed by atoms with Gasteiger partial charge in [-0.15, -0.1) is 16.9 Å². The summed E-state index contributed by atoms with van der Waals surface area (Å²) in [5.41, 5.74) is 2.67. The molecule has 0 amide bonds. The second-order valence-electron chi connectivity index (χ2n) is 12.2. The van der Waals surface area contributed by atoms with Crippen LogP contribution in [-0.4, -0.2) is 61.5 Å². The predicted octanol–water partition coefficient (Wildman–Crippen LogP) is 8.38. The molecule has 10 heteroatoms. The molecule has 0 bridgehead atoms. The standard InChI is InChI=1S/C33H55N5O2S3/c1-7-8-9-10-11-12-13-14-15-16-21-42-32(41)43-31(22-33(3,4)40-26-39)29-19-17-28(18-20-29)24-38-25-30(35-36-38)23-34-27(2)37(5)6/h17-20,25-27,31,34H,7-16,21-24H2,1-6H3. The number of thiocarbonyl (C=S) groups is 1. The molecule has 0 saturated heterocycles. The summed E-state index contributed by atoms with van der Waals surface area (Å²) in [5.74, 6) is 1.06. The molecular formula is C33H55N5O2S3. The number of nitrogens with zero attached hydrogens (tertiary/aromatic N) is 4. The Labute approximate surface area is 275 Å². The van der Waals surface area contributed by atoms with E-state index in [4.69, 9.17) is 17.0 Å². The van der Waals surface area contributed by atoms with Crippen LogP contribution in [0.15, 0.2) is 30.5 Å². The lowest BCUT2D eigenvalue weighted by Gasteiger charge is -2.28. The topological polar surface area (TPSA) is 72.3 Å². The fourth-order valence-electron chi connectivity index (χ4n) is 4.70. The van der Waals surface area contributed by atoms with Crippen LogP contribution in [-0.2, 0) is 22.6 Å². The molecule has 0 saturated carbocycles. The number of ether oxygens (including phenoxy) is 1. The summed E-state index contributed by atoms with van der Waals surface area (Å²) in [6.45, 7) is 10.2. The summed E-state index contributed by atoms with van der Waals surface area (Å²) in [6.07, 6.45) is 16.3. The zero-order valence-electron chi connectivity index (χ0n) is 27.3. The van der Waals surface area contributed by atoms with Gasteiger partial charge in [-0.3, -0.25) is 15.0 Å². The van der Waals surface area contributed by atoms with Crippen LogP contribution in [0.4, 0.5) is 0 Å². The molecule has 2 aromatic rings. The number of aromatic nitrogens is 3. The zero-order chi connectivity index (χ0) is 31.5. The molecule has 7 nitrogen and oxygen atoms in total. The molecule has 0 aliphatic heterocycles. The van der Waals surface area contributed by atoms with Gasteiger partial charge in [-0.2, -0.15) is 0 Å². The number of unbranched alkanes of at least 4 members (excludes halogenated alkanes) is 9. The molecule has 2 rings (SSSR count). The smallest absolute Gasteiger partial charge is 0.293 e. The Morgan fingerprint density at radius 2 is 1.70 bits per heavy atom. The van der Waals surface area contributed by atoms with Crippen molar-refractivity contribution >= 4 is 45.7 Å². The van der Waals surface area contributed by atoms with Gasteiger partial charge in [0, 0.05) is 18.2 Å². The van der Waals surface area contributed by atoms with Gasteiger partial charge in [0.1, 0.15) is 9.13 Å². The normalized spacial score (nSPS) is 13.3. The summed E-state index contributed by atoms with van der Waals surface area (Å²) >= 11 is 9.31. The largest absolute Gasteiger partial charge is 0.462 e. The van der Waals surface area contributed by atoms with Crippen LogP contribution in [0, 0.1) is 0 Å². The minimum atomic E-state index is -0.579. The number of rotatable bonds is 23. The van der Waals surface area contributed by atoms with E-state index in [1.807, 2.05) is 38.8 Å². The van der Waals surface area contributed by atoms with Gasteiger partial charge in [0.15, 0.2) is 0 Å². The molecule has 0 aliphatic rings. The van der Waals surface area contributed by atoms with Crippen molar-refractivity contribution in [3.63, 3.8) is 0 Å². The lowest BCUT2D eigenvalue weighted by Crippen LogP contribution is -2.38. The number of benzene rings is 1. The van der Waals surface area contributed by atoms with Gasteiger partial charge in [-0.05, 0) is 58.2 Å². The third-order valence-electron chi connectivity index (χ3n) is 7.64. The fraction of sp³-hybridized carbons (Fsp3) is 0.697. The van der Waals surface area contributed by atoms with E-state index in [-0.39, 0.29) is 11.4 Å². The highest BCUT2D eigenvalue weighted by molar-refractivity contribution is 8.47. The van der Waals surface area contributed by atoms with Crippen molar-refractivity contribution in [1.29, 1.82) is 0 Å². The number of hydrogen-bond donors (Lipinski definition) is 1. The molecular weight excluding hydrogens is 595 g/mol. The number of nitrogens with one attached hydrogen (secondary N) is 1. The number of carbonyl (C=O) groups excluding carboxylic acids is 1. The van der Waals surface area contributed by atoms with Gasteiger partial charge >= 0.3 is 0 Å². The van der Waals surface area contributed by atoms with Crippen molar-refractivity contribution in [3.05, 3.63) is 47.3 Å². The van der Waals surface area contributed by atoms with E-state index in [1.165, 1.54) is 69.8 Å². The molecule has 43 heavy (non-hydrogen) atoms. The molecule has 1 heterocycles. The Balaban J connectivity index is 1.86. The van der Waals surface area contributed by atoms with Crippen molar-refractivity contribution in [2.45, 2.75) is 128 Å². The van der Waals surface area contributed by atoms with E-state index in [0.29, 0.717) is 26.0 Å². The summed E-state index contributed by atoms with van der Waals surface area (Å²) in [5, 5.41) is 12.2. The first-order valence-electron chi connectivity index (χ1n) is 16.0. The molecule has 1 aromatic carbocycles. The third kappa shape index (κ3) is 16.4. The minimum absolute atomic E-state index is 0.0967. The van der Waals surface area contributed by atoms with E-state index in [0.717, 1.165) is 20.5 Å². The first kappa shape index (κ1) is 37.7. The van der Waals surface area contributed by atoms with Crippen molar-refractivity contribution in [2.75, 3.05) is 19.8 Å². The second kappa shape index (κ2) is 21.3. The van der Waals surface area contributed by atoms with Crippen molar-refractivity contribution in [2.24, 2.45) is 0 Å². The van der Waals surface area contributed by atoms with Crippen LogP contribution in [0.2, 0.25) is 0 Å². The first-order chi connectivity index (χ1) is 20.6. The highest BCUT2D eigenvalue weighted by atomic mass is 32.2. The fourth-order valence-corrected chi connectivity index (χ4v) is 7.70. The minimum Gasteiger partial charge on any atom is -0.462 e. The zero-order valence-corrected chi connectivity index (χ0v) is 29.8. The van der Waals surface area contributed by atoms with Crippen molar-refractivity contribution in [1.82, 2.24) is 25.2 Å². The van der Waals surface area contributed by atoms with E-state index in [9.17, 15) is 4.79 Å². The average Bonchev–Trinajstić information content (AvgIpc) is 3.41. The number of carbonyl (C=O) groups is 1. The van der Waals surface area contributed by atoms with E-state index < -0.39 is 5.60 Å². The quantitative estimate of drug-likeness (QED) is 0.0553. The maximum atomic E-state index is 11.1. The maximum Gasteiger partial charge on any atom is 0.293 e. The summed E-state index contributed by atoms with van der Waals surface area (Å²) in [4.78, 5) is 13.3.